The van der Waals surface area contributed by atoms with Crippen molar-refractivity contribution in [3.63, 3.8) is 0 Å². The Kier molecular flexibility index (Phi) is 28.6. The van der Waals surface area contributed by atoms with Gasteiger partial charge in [-0.15, -0.1) is 0 Å². The largest absolute Gasteiger partial charge is 0.382 e. The maximum Gasteiger partial charge on any atom is 0.264 e. The number of para-hydroxylation sites is 4. The lowest BCUT2D eigenvalue weighted by Gasteiger charge is -2.22. The summed E-state index contributed by atoms with van der Waals surface area (Å²) in [5.74, 6) is 0. The summed E-state index contributed by atoms with van der Waals surface area (Å²) in [6.45, 7) is 22.5. The Bertz CT molecular complexity index is 4730. The Morgan fingerprint density at radius 1 is 0.352 bits per heavy atom. The molecule has 24 heteroatoms. The number of aryl methyl sites for hydroxylation is 4. The Hall–Kier alpha value is -7.56. The van der Waals surface area contributed by atoms with Gasteiger partial charge in [0.2, 0.25) is 0 Å². The van der Waals surface area contributed by atoms with Gasteiger partial charge < -0.3 is 40.2 Å². The van der Waals surface area contributed by atoms with Crippen LogP contribution in [0.2, 0.25) is 0 Å². The van der Waals surface area contributed by atoms with Crippen LogP contribution < -0.4 is 38.5 Å². The van der Waals surface area contributed by atoms with E-state index in [1.807, 2.05) is 194 Å². The Morgan fingerprint density at radius 2 is 0.657 bits per heavy atom. The highest BCUT2D eigenvalue weighted by molar-refractivity contribution is 7.93. The number of sulfonamides is 4. The van der Waals surface area contributed by atoms with E-state index in [2.05, 4.69) is 28.2 Å². The third kappa shape index (κ3) is 18.9. The minimum atomic E-state index is -3.62. The molecule has 12 rings (SSSR count). The van der Waals surface area contributed by atoms with E-state index in [4.69, 9.17) is 18.9 Å². The van der Waals surface area contributed by atoms with Gasteiger partial charge in [-0.2, -0.15) is 0 Å². The van der Waals surface area contributed by atoms with Gasteiger partial charge in [0.15, 0.2) is 0 Å². The normalized spacial score (nSPS) is 18.1. The maximum absolute atomic E-state index is 13.2. The molecule has 4 aliphatic heterocycles. The molecule has 566 valence electrons. The van der Waals surface area contributed by atoms with Crippen LogP contribution in [0.4, 0.5) is 22.7 Å². The molecule has 0 amide bonds. The van der Waals surface area contributed by atoms with Crippen molar-refractivity contribution in [2.45, 2.75) is 137 Å². The van der Waals surface area contributed by atoms with E-state index < -0.39 is 40.1 Å². The average molecular weight is 1510 g/mol. The first-order valence-electron chi connectivity index (χ1n) is 36.1. The predicted molar refractivity (Wildman–Crippen MR) is 421 cm³/mol. The highest BCUT2D eigenvalue weighted by Gasteiger charge is 2.39. The van der Waals surface area contributed by atoms with Crippen LogP contribution in [-0.2, 0) is 59.0 Å². The molecule has 4 atom stereocenters. The van der Waals surface area contributed by atoms with E-state index in [-0.39, 0.29) is 30.3 Å². The third-order valence-corrected chi connectivity index (χ3v) is 26.4. The van der Waals surface area contributed by atoms with Crippen molar-refractivity contribution < 1.29 is 52.6 Å². The molecular weight excluding hydrogens is 1410 g/mol. The molecule has 4 aliphatic rings. The van der Waals surface area contributed by atoms with Crippen molar-refractivity contribution in [2.75, 3.05) is 118 Å². The Morgan fingerprint density at radius 3 is 0.962 bits per heavy atom. The number of unbranched alkanes of at least 4 members (excludes halogenated alkanes) is 2. The Balaban J connectivity index is 0.000000162. The number of nitrogens with zero attached hydrogens (tertiary/aromatic N) is 4. The fourth-order valence-electron chi connectivity index (χ4n) is 13.5. The van der Waals surface area contributed by atoms with E-state index in [1.54, 1.807) is 59.6 Å². The molecule has 4 heterocycles. The number of nitrogens with one attached hydrogen (secondary N) is 4. The average Bonchev–Trinajstić information content (AvgIpc) is 1.65. The molecule has 8 aromatic carbocycles. The number of ether oxygens (including phenoxy) is 4. The minimum Gasteiger partial charge on any atom is -0.382 e. The molecular formula is C81H106N8O12S4. The van der Waals surface area contributed by atoms with Crippen LogP contribution in [0, 0.1) is 27.7 Å². The fourth-order valence-corrected chi connectivity index (χ4v) is 19.6. The summed E-state index contributed by atoms with van der Waals surface area (Å²) >= 11 is 0. The topological polar surface area (TPSA) is 235 Å². The number of rotatable bonds is 24. The summed E-state index contributed by atoms with van der Waals surface area (Å²) in [6.07, 6.45) is 5.36. The van der Waals surface area contributed by atoms with Crippen LogP contribution in [0.3, 0.4) is 0 Å². The lowest BCUT2D eigenvalue weighted by molar-refractivity contribution is 0.0714. The van der Waals surface area contributed by atoms with Crippen LogP contribution >= 0.6 is 0 Å². The lowest BCUT2D eigenvalue weighted by Crippen LogP contribution is -2.27. The third-order valence-electron chi connectivity index (χ3n) is 19.1. The molecule has 0 saturated carbocycles. The molecule has 0 aromatic heterocycles. The van der Waals surface area contributed by atoms with Crippen molar-refractivity contribution >= 4 is 62.8 Å². The summed E-state index contributed by atoms with van der Waals surface area (Å²) < 4.78 is 133. The van der Waals surface area contributed by atoms with Crippen LogP contribution in [0.15, 0.2) is 189 Å². The van der Waals surface area contributed by atoms with Gasteiger partial charge in [0.05, 0.1) is 92.4 Å². The minimum absolute atomic E-state index is 0.122. The van der Waals surface area contributed by atoms with Gasteiger partial charge >= 0.3 is 0 Å². The highest BCUT2D eigenvalue weighted by atomic mass is 32.2. The molecule has 20 nitrogen and oxygen atoms in total. The molecule has 0 radical (unpaired) electrons. The molecule has 8 aromatic rings. The zero-order chi connectivity index (χ0) is 75.8. The van der Waals surface area contributed by atoms with E-state index in [0.29, 0.717) is 82.8 Å². The van der Waals surface area contributed by atoms with Crippen molar-refractivity contribution in [3.05, 3.63) is 237 Å². The van der Waals surface area contributed by atoms with Crippen molar-refractivity contribution in [3.8, 4) is 0 Å². The van der Waals surface area contributed by atoms with E-state index in [1.165, 1.54) is 23.6 Å². The Labute approximate surface area is 625 Å². The van der Waals surface area contributed by atoms with Gasteiger partial charge in [0, 0.05) is 61.7 Å². The zero-order valence-electron chi connectivity index (χ0n) is 63.0. The second-order valence-electron chi connectivity index (χ2n) is 27.0. The number of hydrogen-bond donors (Lipinski definition) is 4. The monoisotopic (exact) mass is 1510 g/mol. The number of hydrogen-bond acceptors (Lipinski definition) is 16. The summed E-state index contributed by atoms with van der Waals surface area (Å²) in [6, 6.07) is 52.7. The standard InChI is InChI=1S/C21H28N2O3S.C20H26N2O4S.C20H26N2O3S.C20H26N2O2S/c1-15(2)26-13-7-12-22-21-17-8-5-6-9-19(17)23(4)27(24,25)20-14-16(3)10-11-18(20)21;1-15-8-9-17-19(14-15)27(23,24)22(2)18-7-5-4-6-16(18)20(17)21-10-11-26-13-12-25-3;1-4-25-13-7-12-21-20-16-8-5-6-9-18(16)22(3)26(23,24)19-14-15(2)10-11-17(19)20;1-4-5-8-13-21-20-16-9-6-7-10-18(16)22(3)25(23,24)19-14-15(2)11-12-17(19)20/h5-6,8-11,14-15,21-22H,7,12-13H2,1-4H3;4-9,14,20-21H,10-13H2,1-3H3;5-6,8-11,14,20-21H,4,7,12-13H2,1-3H3;6-7,9-12,14,20-21H,4-5,8,13H2,1-3H3. The SMILES string of the molecule is CCCCCNC1c2ccccc2N(C)S(=O)(=O)c2cc(C)ccc21.CCOCCCNC1c2ccccc2N(C)S(=O)(=O)c2cc(C)ccc21.COCCOCCNC1c2ccccc2N(C)S(=O)(=O)c2cc(C)ccc21.Cc1ccc2c(c1)S(=O)(=O)N(C)c1ccccc1C2NCCCOC(C)C. The lowest BCUT2D eigenvalue weighted by atomic mass is 9.96. The molecule has 0 saturated heterocycles. The van der Waals surface area contributed by atoms with Crippen LogP contribution in [-0.4, -0.2) is 141 Å². The molecule has 0 bridgehead atoms. The molecule has 105 heavy (non-hydrogen) atoms. The predicted octanol–water partition coefficient (Wildman–Crippen LogP) is 13.3. The quantitative estimate of drug-likeness (QED) is 0.0412. The van der Waals surface area contributed by atoms with Gasteiger partial charge in [-0.25, -0.2) is 33.7 Å². The molecule has 0 aliphatic carbocycles. The van der Waals surface area contributed by atoms with Gasteiger partial charge in [-0.1, -0.05) is 141 Å². The first-order chi connectivity index (χ1) is 50.2. The second-order valence-corrected chi connectivity index (χ2v) is 34.7. The van der Waals surface area contributed by atoms with E-state index in [9.17, 15) is 33.7 Å². The van der Waals surface area contributed by atoms with Crippen molar-refractivity contribution in [2.24, 2.45) is 0 Å². The van der Waals surface area contributed by atoms with Crippen LogP contribution in [0.1, 0.15) is 151 Å². The highest BCUT2D eigenvalue weighted by Crippen LogP contribution is 2.45. The smallest absolute Gasteiger partial charge is 0.264 e. The summed E-state index contributed by atoms with van der Waals surface area (Å²) in [5.41, 5.74) is 13.6. The summed E-state index contributed by atoms with van der Waals surface area (Å²) in [5, 5.41) is 14.2. The first-order valence-corrected chi connectivity index (χ1v) is 41.9. The summed E-state index contributed by atoms with van der Waals surface area (Å²) in [7, 11) is -6.26. The van der Waals surface area contributed by atoms with Crippen LogP contribution in [0.25, 0.3) is 0 Å². The molecule has 0 spiro atoms. The van der Waals surface area contributed by atoms with Gasteiger partial charge in [0.25, 0.3) is 40.1 Å². The van der Waals surface area contributed by atoms with Crippen molar-refractivity contribution in [1.29, 1.82) is 0 Å². The second kappa shape index (κ2) is 36.8. The zero-order valence-corrected chi connectivity index (χ0v) is 66.2. The number of benzene rings is 8. The van der Waals surface area contributed by atoms with Gasteiger partial charge in [-0.3, -0.25) is 17.2 Å². The summed E-state index contributed by atoms with van der Waals surface area (Å²) in [4.78, 5) is 1.49. The number of anilines is 4. The van der Waals surface area contributed by atoms with E-state index >= 15 is 0 Å². The maximum atomic E-state index is 13.2. The fraction of sp³-hybridized carbons (Fsp3) is 0.407. The van der Waals surface area contributed by atoms with Crippen LogP contribution in [0.5, 0.6) is 0 Å². The van der Waals surface area contributed by atoms with Crippen molar-refractivity contribution in [1.82, 2.24) is 21.3 Å². The number of fused-ring (bicyclic) bond motifs is 8. The van der Waals surface area contributed by atoms with E-state index in [0.717, 1.165) is 118 Å². The number of methoxy groups -OCH3 is 1. The molecule has 0 fully saturated rings. The first kappa shape index (κ1) is 81.5. The molecule has 4 N–H and O–H groups in total. The van der Waals surface area contributed by atoms with Gasteiger partial charge in [0.1, 0.15) is 0 Å². The molecule has 4 unspecified atom stereocenters. The van der Waals surface area contributed by atoms with Gasteiger partial charge in [-0.05, 0) is 203 Å².